The zero-order chi connectivity index (χ0) is 21.8. The van der Waals surface area contributed by atoms with Gasteiger partial charge in [0.1, 0.15) is 18.7 Å². The molecule has 0 bridgehead atoms. The largest absolute Gasteiger partial charge is 0.445 e. The summed E-state index contributed by atoms with van der Waals surface area (Å²) in [5.74, 6) is -0.430. The van der Waals surface area contributed by atoms with E-state index in [2.05, 4.69) is 16.0 Å². The van der Waals surface area contributed by atoms with Crippen LogP contribution in [0.5, 0.6) is 0 Å². The van der Waals surface area contributed by atoms with E-state index in [1.807, 2.05) is 65.0 Å². The first kappa shape index (κ1) is 24.5. The highest BCUT2D eigenvalue weighted by molar-refractivity contribution is 5.91. The Morgan fingerprint density at radius 3 is 2.03 bits per heavy atom. The molecule has 0 heterocycles. The topological polar surface area (TPSA) is 96.5 Å². The first-order chi connectivity index (χ1) is 13.8. The molecule has 162 valence electrons. The van der Waals surface area contributed by atoms with Gasteiger partial charge in [-0.2, -0.15) is 0 Å². The Hall–Kier alpha value is -2.57. The number of carbonyl (C=O) groups excluding carboxylic acids is 3. The predicted molar refractivity (Wildman–Crippen MR) is 113 cm³/mol. The van der Waals surface area contributed by atoms with E-state index in [1.54, 1.807) is 0 Å². The van der Waals surface area contributed by atoms with Crippen molar-refractivity contribution in [3.63, 3.8) is 0 Å². The lowest BCUT2D eigenvalue weighted by Gasteiger charge is -2.24. The smallest absolute Gasteiger partial charge is 0.408 e. The minimum Gasteiger partial charge on any atom is -0.445 e. The molecule has 7 heteroatoms. The van der Waals surface area contributed by atoms with Crippen LogP contribution in [0, 0.1) is 5.92 Å². The summed E-state index contributed by atoms with van der Waals surface area (Å²) >= 11 is 0. The number of rotatable bonds is 11. The molecule has 1 aromatic rings. The maximum absolute atomic E-state index is 12.8. The van der Waals surface area contributed by atoms with Gasteiger partial charge in [0.25, 0.3) is 0 Å². The van der Waals surface area contributed by atoms with Gasteiger partial charge in [-0.15, -0.1) is 0 Å². The van der Waals surface area contributed by atoms with E-state index in [9.17, 15) is 14.4 Å². The number of amides is 3. The fourth-order valence-corrected chi connectivity index (χ4v) is 2.68. The van der Waals surface area contributed by atoms with E-state index < -0.39 is 18.2 Å². The second kappa shape index (κ2) is 12.8. The second-order valence-electron chi connectivity index (χ2n) is 7.68. The lowest BCUT2D eigenvalue weighted by atomic mass is 10.0. The molecule has 29 heavy (non-hydrogen) atoms. The molecule has 0 aliphatic heterocycles. The number of ether oxygens (including phenoxy) is 1. The van der Waals surface area contributed by atoms with Crippen LogP contribution in [0.4, 0.5) is 4.79 Å². The molecule has 0 saturated heterocycles. The highest BCUT2D eigenvalue weighted by Crippen LogP contribution is 2.08. The third kappa shape index (κ3) is 9.45. The molecule has 3 atom stereocenters. The maximum Gasteiger partial charge on any atom is 0.408 e. The minimum absolute atomic E-state index is 0.0333. The van der Waals surface area contributed by atoms with Gasteiger partial charge >= 0.3 is 6.09 Å². The van der Waals surface area contributed by atoms with E-state index in [0.717, 1.165) is 12.0 Å². The second-order valence-corrected chi connectivity index (χ2v) is 7.68. The van der Waals surface area contributed by atoms with Gasteiger partial charge in [-0.05, 0) is 37.7 Å². The summed E-state index contributed by atoms with van der Waals surface area (Å²) in [6.45, 7) is 9.78. The molecular weight excluding hydrogens is 370 g/mol. The Bertz CT molecular complexity index is 649. The first-order valence-corrected chi connectivity index (χ1v) is 10.3. The number of carbonyl (C=O) groups is 3. The van der Waals surface area contributed by atoms with Gasteiger partial charge in [0.05, 0.1) is 0 Å². The van der Waals surface area contributed by atoms with Crippen molar-refractivity contribution in [1.82, 2.24) is 16.0 Å². The van der Waals surface area contributed by atoms with Crippen LogP contribution in [0.2, 0.25) is 0 Å². The Kier molecular flexibility index (Phi) is 10.8. The summed E-state index contributed by atoms with van der Waals surface area (Å²) in [6, 6.07) is 7.93. The normalized spacial score (nSPS) is 13.9. The first-order valence-electron chi connectivity index (χ1n) is 10.3. The fraction of sp³-hybridized carbons (Fsp3) is 0.591. The van der Waals surface area contributed by atoms with E-state index in [0.29, 0.717) is 12.8 Å². The van der Waals surface area contributed by atoms with Crippen LogP contribution in [-0.4, -0.2) is 36.0 Å². The van der Waals surface area contributed by atoms with Crippen molar-refractivity contribution in [1.29, 1.82) is 0 Å². The molecule has 0 radical (unpaired) electrons. The summed E-state index contributed by atoms with van der Waals surface area (Å²) in [7, 11) is 0. The lowest BCUT2D eigenvalue weighted by molar-refractivity contribution is -0.130. The van der Waals surface area contributed by atoms with Crippen molar-refractivity contribution in [2.45, 2.75) is 78.6 Å². The molecule has 0 saturated carbocycles. The van der Waals surface area contributed by atoms with Crippen LogP contribution >= 0.6 is 0 Å². The summed E-state index contributed by atoms with van der Waals surface area (Å²) in [6.07, 6.45) is 1.05. The van der Waals surface area contributed by atoms with Gasteiger partial charge in [-0.1, -0.05) is 58.0 Å². The zero-order valence-electron chi connectivity index (χ0n) is 18.2. The van der Waals surface area contributed by atoms with Crippen molar-refractivity contribution in [3.8, 4) is 0 Å². The van der Waals surface area contributed by atoms with Gasteiger partial charge in [0.2, 0.25) is 11.8 Å². The van der Waals surface area contributed by atoms with Crippen molar-refractivity contribution in [2.24, 2.45) is 5.92 Å². The standard InChI is InChI=1S/C22H35N3O4/c1-6-16(5)23-20(26)18(7-2)24-21(27)19(13-15(3)4)25-22(28)29-14-17-11-9-8-10-12-17/h8-12,15-16,18-19H,6-7,13-14H2,1-5H3,(H,23,26)(H,24,27)(H,25,28)/t16?,18-,19-/m0/s1. The van der Waals surface area contributed by atoms with Crippen LogP contribution in [-0.2, 0) is 20.9 Å². The molecule has 0 aliphatic carbocycles. The third-order valence-corrected chi connectivity index (χ3v) is 4.57. The van der Waals surface area contributed by atoms with Crippen LogP contribution in [0.3, 0.4) is 0 Å². The molecule has 0 aromatic heterocycles. The van der Waals surface area contributed by atoms with Crippen molar-refractivity contribution in [2.75, 3.05) is 0 Å². The Balaban J connectivity index is 2.68. The molecule has 0 aliphatic rings. The average molecular weight is 406 g/mol. The monoisotopic (exact) mass is 405 g/mol. The van der Waals surface area contributed by atoms with Crippen LogP contribution < -0.4 is 16.0 Å². The Morgan fingerprint density at radius 2 is 1.48 bits per heavy atom. The highest BCUT2D eigenvalue weighted by atomic mass is 16.5. The highest BCUT2D eigenvalue weighted by Gasteiger charge is 2.27. The quantitative estimate of drug-likeness (QED) is 0.527. The maximum atomic E-state index is 12.8. The predicted octanol–water partition coefficient (Wildman–Crippen LogP) is 3.14. The Labute approximate surface area is 174 Å². The van der Waals surface area contributed by atoms with Gasteiger partial charge in [0.15, 0.2) is 0 Å². The SMILES string of the molecule is CCC(C)NC(=O)[C@H](CC)NC(=O)[C@H](CC(C)C)NC(=O)OCc1ccccc1. The van der Waals surface area contributed by atoms with Gasteiger partial charge in [-0.3, -0.25) is 9.59 Å². The lowest BCUT2D eigenvalue weighted by Crippen LogP contribution is -2.54. The molecule has 1 rings (SSSR count). The zero-order valence-corrected chi connectivity index (χ0v) is 18.2. The number of hydrogen-bond donors (Lipinski definition) is 3. The fourth-order valence-electron chi connectivity index (χ4n) is 2.68. The van der Waals surface area contributed by atoms with E-state index >= 15 is 0 Å². The van der Waals surface area contributed by atoms with E-state index in [1.165, 1.54) is 0 Å². The molecule has 1 aromatic carbocycles. The summed E-state index contributed by atoms with van der Waals surface area (Å²) < 4.78 is 5.23. The minimum atomic E-state index is -0.774. The van der Waals surface area contributed by atoms with Gasteiger partial charge in [-0.25, -0.2) is 4.79 Å². The summed E-state index contributed by atoms with van der Waals surface area (Å²) in [5.41, 5.74) is 0.861. The number of benzene rings is 1. The van der Waals surface area contributed by atoms with E-state index in [4.69, 9.17) is 4.74 Å². The summed E-state index contributed by atoms with van der Waals surface area (Å²) in [5, 5.41) is 8.27. The van der Waals surface area contributed by atoms with E-state index in [-0.39, 0.29) is 30.4 Å². The van der Waals surface area contributed by atoms with Crippen LogP contribution in [0.15, 0.2) is 30.3 Å². The Morgan fingerprint density at radius 1 is 0.862 bits per heavy atom. The van der Waals surface area contributed by atoms with Crippen molar-refractivity contribution >= 4 is 17.9 Å². The molecular formula is C22H35N3O4. The van der Waals surface area contributed by atoms with Gasteiger partial charge < -0.3 is 20.7 Å². The van der Waals surface area contributed by atoms with Gasteiger partial charge in [0, 0.05) is 6.04 Å². The number of nitrogens with one attached hydrogen (secondary N) is 3. The average Bonchev–Trinajstić information content (AvgIpc) is 2.69. The van der Waals surface area contributed by atoms with Crippen molar-refractivity contribution in [3.05, 3.63) is 35.9 Å². The van der Waals surface area contributed by atoms with Crippen LogP contribution in [0.1, 0.15) is 59.4 Å². The molecule has 3 N–H and O–H groups in total. The van der Waals surface area contributed by atoms with Crippen LogP contribution in [0.25, 0.3) is 0 Å². The number of hydrogen-bond acceptors (Lipinski definition) is 4. The molecule has 3 amide bonds. The molecule has 1 unspecified atom stereocenters. The third-order valence-electron chi connectivity index (χ3n) is 4.57. The van der Waals surface area contributed by atoms with Crippen molar-refractivity contribution < 1.29 is 19.1 Å². The molecule has 0 spiro atoms. The number of alkyl carbamates (subject to hydrolysis) is 1. The molecule has 0 fully saturated rings. The summed E-state index contributed by atoms with van der Waals surface area (Å²) in [4.78, 5) is 37.3. The molecule has 7 nitrogen and oxygen atoms in total.